The molecule has 0 saturated heterocycles. The van der Waals surface area contributed by atoms with Crippen molar-refractivity contribution in [3.63, 3.8) is 0 Å². The Balaban J connectivity index is 1.71. The van der Waals surface area contributed by atoms with Crippen LogP contribution < -0.4 is 5.32 Å². The summed E-state index contributed by atoms with van der Waals surface area (Å²) in [6.07, 6.45) is -2.12. The van der Waals surface area contributed by atoms with Crippen molar-refractivity contribution < 1.29 is 18.0 Å². The predicted octanol–water partition coefficient (Wildman–Crippen LogP) is 4.14. The number of rotatable bonds is 3. The summed E-state index contributed by atoms with van der Waals surface area (Å²) in [4.78, 5) is 23.5. The molecule has 0 atom stereocenters. The molecule has 146 valence electrons. The van der Waals surface area contributed by atoms with Crippen molar-refractivity contribution in [1.29, 1.82) is 0 Å². The van der Waals surface area contributed by atoms with Crippen LogP contribution in [0.3, 0.4) is 0 Å². The molecule has 5 nitrogen and oxygen atoms in total. The Morgan fingerprint density at radius 1 is 1.21 bits per heavy atom. The second-order valence-corrected chi connectivity index (χ2v) is 7.69. The molecule has 3 aromatic rings. The van der Waals surface area contributed by atoms with Crippen molar-refractivity contribution in [1.82, 2.24) is 20.3 Å². The van der Waals surface area contributed by atoms with E-state index in [1.165, 1.54) is 0 Å². The van der Waals surface area contributed by atoms with Gasteiger partial charge in [0, 0.05) is 47.3 Å². The summed E-state index contributed by atoms with van der Waals surface area (Å²) < 4.78 is 37.3. The summed E-state index contributed by atoms with van der Waals surface area (Å²) in [7, 11) is 0. The number of H-pyrrole nitrogens is 1. The van der Waals surface area contributed by atoms with E-state index < -0.39 is 12.6 Å². The van der Waals surface area contributed by atoms with Gasteiger partial charge in [0.25, 0.3) is 5.91 Å². The fraction of sp³-hybridized carbons (Fsp3) is 0.350. The molecule has 0 bridgehead atoms. The first-order chi connectivity index (χ1) is 13.1. The number of nitrogens with one attached hydrogen (secondary N) is 2. The van der Waals surface area contributed by atoms with Crippen molar-refractivity contribution in [2.75, 3.05) is 6.54 Å². The largest absolute Gasteiger partial charge is 0.389 e. The zero-order chi connectivity index (χ0) is 20.1. The van der Waals surface area contributed by atoms with Crippen LogP contribution in [0.4, 0.5) is 13.2 Å². The maximum Gasteiger partial charge on any atom is 0.389 e. The first-order valence-corrected chi connectivity index (χ1v) is 8.97. The van der Waals surface area contributed by atoms with Gasteiger partial charge in [-0.2, -0.15) is 13.2 Å². The number of fused-ring (bicyclic) bond motifs is 2. The third-order valence-corrected chi connectivity index (χ3v) is 5.11. The highest BCUT2D eigenvalue weighted by Crippen LogP contribution is 2.35. The molecule has 0 fully saturated rings. The highest BCUT2D eigenvalue weighted by Gasteiger charge is 2.32. The van der Waals surface area contributed by atoms with E-state index in [-0.39, 0.29) is 23.6 Å². The average molecular weight is 388 g/mol. The number of hydrogen-bond donors (Lipinski definition) is 2. The van der Waals surface area contributed by atoms with Crippen LogP contribution in [-0.4, -0.2) is 33.6 Å². The molecular formula is C20H19F3N4O. The number of aryl methyl sites for hydroxylation is 1. The standard InChI is InChI=1S/C20H19F3N4O/c1-19(2)10-26-18(28)12-4-3-11(7-15(12)19)13-8-25-17-14(13)9-24-16(27-17)5-6-20(21,22)23/h3-4,7-9H,5-6,10H2,1-2H3,(H,26,28)(H,24,25,27). The minimum Gasteiger partial charge on any atom is -0.351 e. The second kappa shape index (κ2) is 6.32. The number of carbonyl (C=O) groups is 1. The van der Waals surface area contributed by atoms with Crippen LogP contribution in [0.2, 0.25) is 0 Å². The number of aromatic nitrogens is 3. The molecule has 3 heterocycles. The lowest BCUT2D eigenvalue weighted by Crippen LogP contribution is -2.43. The average Bonchev–Trinajstić information content (AvgIpc) is 3.06. The molecule has 2 N–H and O–H groups in total. The lowest BCUT2D eigenvalue weighted by molar-refractivity contribution is -0.134. The van der Waals surface area contributed by atoms with Crippen LogP contribution in [0, 0.1) is 0 Å². The number of carbonyl (C=O) groups excluding carboxylic acids is 1. The van der Waals surface area contributed by atoms with Gasteiger partial charge in [-0.15, -0.1) is 0 Å². The van der Waals surface area contributed by atoms with Crippen LogP contribution in [0.25, 0.3) is 22.2 Å². The lowest BCUT2D eigenvalue weighted by atomic mass is 9.78. The smallest absolute Gasteiger partial charge is 0.351 e. The Morgan fingerprint density at radius 3 is 2.75 bits per heavy atom. The van der Waals surface area contributed by atoms with Crippen molar-refractivity contribution >= 4 is 16.9 Å². The van der Waals surface area contributed by atoms with E-state index in [4.69, 9.17) is 0 Å². The summed E-state index contributed by atoms with van der Waals surface area (Å²) in [5, 5.41) is 3.63. The molecule has 1 amide bonds. The van der Waals surface area contributed by atoms with Crippen LogP contribution in [-0.2, 0) is 11.8 Å². The highest BCUT2D eigenvalue weighted by atomic mass is 19.4. The molecule has 28 heavy (non-hydrogen) atoms. The molecule has 4 rings (SSSR count). The third kappa shape index (κ3) is 3.34. The number of aromatic amines is 1. The second-order valence-electron chi connectivity index (χ2n) is 7.69. The lowest BCUT2D eigenvalue weighted by Gasteiger charge is -2.32. The van der Waals surface area contributed by atoms with Crippen LogP contribution >= 0.6 is 0 Å². The fourth-order valence-electron chi connectivity index (χ4n) is 3.52. The highest BCUT2D eigenvalue weighted by molar-refractivity contribution is 5.99. The van der Waals surface area contributed by atoms with Crippen LogP contribution in [0.15, 0.2) is 30.6 Å². The van der Waals surface area contributed by atoms with Crippen molar-refractivity contribution in [2.45, 2.75) is 38.3 Å². The zero-order valence-corrected chi connectivity index (χ0v) is 15.4. The summed E-state index contributed by atoms with van der Waals surface area (Å²) in [6, 6.07) is 5.66. The van der Waals surface area contributed by atoms with Crippen molar-refractivity contribution in [3.05, 3.63) is 47.5 Å². The number of benzene rings is 1. The van der Waals surface area contributed by atoms with Gasteiger partial charge in [-0.3, -0.25) is 4.79 Å². The van der Waals surface area contributed by atoms with Crippen molar-refractivity contribution in [2.24, 2.45) is 0 Å². The minimum absolute atomic E-state index is 0.0857. The summed E-state index contributed by atoms with van der Waals surface area (Å²) in [5.74, 6) is 0.0684. The molecule has 1 aliphatic rings. The molecular weight excluding hydrogens is 369 g/mol. The summed E-state index contributed by atoms with van der Waals surface area (Å²) in [6.45, 7) is 4.70. The molecule has 1 aromatic carbocycles. The van der Waals surface area contributed by atoms with Gasteiger partial charge in [-0.1, -0.05) is 19.9 Å². The van der Waals surface area contributed by atoms with Gasteiger partial charge in [0.2, 0.25) is 0 Å². The molecule has 8 heteroatoms. The van der Waals surface area contributed by atoms with E-state index >= 15 is 0 Å². The number of hydrogen-bond acceptors (Lipinski definition) is 3. The van der Waals surface area contributed by atoms with Gasteiger partial charge in [0.15, 0.2) is 0 Å². The molecule has 1 aliphatic heterocycles. The number of halogens is 3. The van der Waals surface area contributed by atoms with E-state index in [0.29, 0.717) is 17.8 Å². The molecule has 0 spiro atoms. The Labute approximate surface area is 159 Å². The molecule has 0 radical (unpaired) electrons. The SMILES string of the molecule is CC1(C)CNC(=O)c2ccc(-c3c[nH]c4nc(CCC(F)(F)F)ncc34)cc21. The van der Waals surface area contributed by atoms with Crippen LogP contribution in [0.1, 0.15) is 42.0 Å². The van der Waals surface area contributed by atoms with Gasteiger partial charge in [-0.25, -0.2) is 9.97 Å². The maximum atomic E-state index is 12.4. The van der Waals surface area contributed by atoms with E-state index in [0.717, 1.165) is 22.1 Å². The quantitative estimate of drug-likeness (QED) is 0.708. The van der Waals surface area contributed by atoms with E-state index in [2.05, 4.69) is 34.1 Å². The Hall–Kier alpha value is -2.90. The van der Waals surface area contributed by atoms with E-state index in [1.807, 2.05) is 12.1 Å². The van der Waals surface area contributed by atoms with Gasteiger partial charge < -0.3 is 10.3 Å². The van der Waals surface area contributed by atoms with Gasteiger partial charge in [0.1, 0.15) is 11.5 Å². The summed E-state index contributed by atoms with van der Waals surface area (Å²) >= 11 is 0. The molecule has 2 aromatic heterocycles. The first kappa shape index (κ1) is 18.5. The molecule has 0 aliphatic carbocycles. The maximum absolute atomic E-state index is 12.4. The number of nitrogens with zero attached hydrogens (tertiary/aromatic N) is 2. The predicted molar refractivity (Wildman–Crippen MR) is 99.1 cm³/mol. The van der Waals surface area contributed by atoms with Gasteiger partial charge in [-0.05, 0) is 23.3 Å². The van der Waals surface area contributed by atoms with Crippen molar-refractivity contribution in [3.8, 4) is 11.1 Å². The Bertz CT molecular complexity index is 1070. The summed E-state index contributed by atoms with van der Waals surface area (Å²) in [5.41, 5.74) is 3.67. The van der Waals surface area contributed by atoms with Gasteiger partial charge in [0.05, 0.1) is 6.42 Å². The third-order valence-electron chi connectivity index (χ3n) is 5.11. The van der Waals surface area contributed by atoms with Crippen LogP contribution in [0.5, 0.6) is 0 Å². The zero-order valence-electron chi connectivity index (χ0n) is 15.4. The Morgan fingerprint density at radius 2 is 2.00 bits per heavy atom. The number of amides is 1. The topological polar surface area (TPSA) is 70.7 Å². The van der Waals surface area contributed by atoms with E-state index in [1.54, 1.807) is 18.5 Å². The monoisotopic (exact) mass is 388 g/mol. The Kier molecular flexibility index (Phi) is 4.17. The van der Waals surface area contributed by atoms with E-state index in [9.17, 15) is 18.0 Å². The normalized spacial score (nSPS) is 16.1. The molecule has 0 unspecified atom stereocenters. The number of alkyl halides is 3. The minimum atomic E-state index is -4.23. The first-order valence-electron chi connectivity index (χ1n) is 8.97. The van der Waals surface area contributed by atoms with Gasteiger partial charge >= 0.3 is 6.18 Å². The fourth-order valence-corrected chi connectivity index (χ4v) is 3.52. The molecule has 0 saturated carbocycles.